The summed E-state index contributed by atoms with van der Waals surface area (Å²) in [5.41, 5.74) is 1.20. The summed E-state index contributed by atoms with van der Waals surface area (Å²) >= 11 is 1.52. The summed E-state index contributed by atoms with van der Waals surface area (Å²) in [5, 5.41) is 15.5. The van der Waals surface area contributed by atoms with Crippen LogP contribution in [0.4, 0.5) is 18.9 Å². The van der Waals surface area contributed by atoms with Crippen LogP contribution in [0.2, 0.25) is 0 Å². The highest BCUT2D eigenvalue weighted by Gasteiger charge is 2.31. The van der Waals surface area contributed by atoms with E-state index in [2.05, 4.69) is 15.4 Å². The molecule has 2 aromatic carbocycles. The van der Waals surface area contributed by atoms with Gasteiger partial charge in [0.2, 0.25) is 5.91 Å². The second-order valence-electron chi connectivity index (χ2n) is 6.20. The first-order chi connectivity index (χ1) is 13.7. The van der Waals surface area contributed by atoms with Crippen molar-refractivity contribution in [2.45, 2.75) is 23.8 Å². The molecule has 0 fully saturated rings. The lowest BCUT2D eigenvalue weighted by Crippen LogP contribution is -2.28. The van der Waals surface area contributed by atoms with E-state index in [1.54, 1.807) is 18.2 Å². The Kier molecular flexibility index (Phi) is 6.33. The van der Waals surface area contributed by atoms with Crippen molar-refractivity contribution in [1.29, 1.82) is 0 Å². The van der Waals surface area contributed by atoms with Gasteiger partial charge in [-0.3, -0.25) is 9.59 Å². The minimum absolute atomic E-state index is 0.123. The highest BCUT2D eigenvalue weighted by Crippen LogP contribution is 2.31. The van der Waals surface area contributed by atoms with E-state index < -0.39 is 24.1 Å². The molecule has 29 heavy (non-hydrogen) atoms. The number of hydrogen-bond donors (Lipinski definition) is 3. The van der Waals surface area contributed by atoms with Gasteiger partial charge in [0.15, 0.2) is 0 Å². The van der Waals surface area contributed by atoms with Crippen LogP contribution in [0.25, 0.3) is 0 Å². The quantitative estimate of drug-likeness (QED) is 0.682. The molecular formula is C19H17F3N2O4S. The van der Waals surface area contributed by atoms with Crippen LogP contribution in [0.1, 0.15) is 28.4 Å². The van der Waals surface area contributed by atoms with Crippen molar-refractivity contribution < 1.29 is 32.6 Å². The maximum Gasteiger partial charge on any atom is 0.573 e. The summed E-state index contributed by atoms with van der Waals surface area (Å²) < 4.78 is 40.3. The van der Waals surface area contributed by atoms with Crippen molar-refractivity contribution in [1.82, 2.24) is 5.32 Å². The summed E-state index contributed by atoms with van der Waals surface area (Å²) in [5.74, 6) is -0.319. The minimum atomic E-state index is -4.79. The maximum absolute atomic E-state index is 12.4. The monoisotopic (exact) mass is 426 g/mol. The molecule has 1 atom stereocenters. The largest absolute Gasteiger partial charge is 0.573 e. The normalized spacial score (nSPS) is 15.0. The molecule has 1 aliphatic heterocycles. The molecule has 2 aromatic rings. The summed E-state index contributed by atoms with van der Waals surface area (Å²) in [6.07, 6.45) is -5.52. The predicted octanol–water partition coefficient (Wildman–Crippen LogP) is 3.48. The number of thioether (sulfide) groups is 1. The zero-order valence-corrected chi connectivity index (χ0v) is 15.8. The van der Waals surface area contributed by atoms with Gasteiger partial charge >= 0.3 is 6.36 Å². The topological polar surface area (TPSA) is 87.7 Å². The minimum Gasteiger partial charge on any atom is -0.406 e. The molecule has 0 saturated carbocycles. The number of halogens is 3. The van der Waals surface area contributed by atoms with Gasteiger partial charge in [-0.2, -0.15) is 0 Å². The van der Waals surface area contributed by atoms with Gasteiger partial charge in [0.1, 0.15) is 5.75 Å². The molecule has 3 N–H and O–H groups in total. The Balaban J connectivity index is 1.59. The third kappa shape index (κ3) is 5.88. The third-order valence-corrected chi connectivity index (χ3v) is 5.13. The predicted molar refractivity (Wildman–Crippen MR) is 101 cm³/mol. The van der Waals surface area contributed by atoms with Gasteiger partial charge in [0, 0.05) is 29.2 Å². The third-order valence-electron chi connectivity index (χ3n) is 4.06. The number of ether oxygens (including phenoxy) is 1. The molecule has 154 valence electrons. The Bertz CT molecular complexity index is 903. The van der Waals surface area contributed by atoms with Crippen molar-refractivity contribution in [2.75, 3.05) is 17.6 Å². The number of nitrogens with one attached hydrogen (secondary N) is 2. The van der Waals surface area contributed by atoms with Gasteiger partial charge in [-0.05, 0) is 35.9 Å². The van der Waals surface area contributed by atoms with Gasteiger partial charge in [0.25, 0.3) is 5.91 Å². The fourth-order valence-corrected chi connectivity index (χ4v) is 3.60. The lowest BCUT2D eigenvalue weighted by atomic mass is 10.1. The molecule has 0 aliphatic carbocycles. The Morgan fingerprint density at radius 1 is 1.24 bits per heavy atom. The van der Waals surface area contributed by atoms with E-state index in [1.165, 1.54) is 23.9 Å². The first-order valence-corrected chi connectivity index (χ1v) is 9.58. The van der Waals surface area contributed by atoms with E-state index >= 15 is 0 Å². The van der Waals surface area contributed by atoms with Crippen molar-refractivity contribution in [3.05, 3.63) is 53.6 Å². The van der Waals surface area contributed by atoms with Crippen LogP contribution in [-0.4, -0.2) is 35.6 Å². The highest BCUT2D eigenvalue weighted by atomic mass is 32.2. The maximum atomic E-state index is 12.4. The Hall–Kier alpha value is -2.72. The highest BCUT2D eigenvalue weighted by molar-refractivity contribution is 7.99. The Morgan fingerprint density at radius 2 is 1.97 bits per heavy atom. The average Bonchev–Trinajstić information content (AvgIpc) is 2.85. The molecule has 0 radical (unpaired) electrons. The number of anilines is 1. The SMILES string of the molecule is O=C1CCSc2ccc(C(=O)NCC(O)c3ccc(OC(F)(F)F)cc3)cc2N1. The second kappa shape index (κ2) is 8.75. The number of hydrogen-bond acceptors (Lipinski definition) is 5. The lowest BCUT2D eigenvalue weighted by Gasteiger charge is -2.14. The molecule has 1 unspecified atom stereocenters. The van der Waals surface area contributed by atoms with E-state index in [0.29, 0.717) is 29.0 Å². The van der Waals surface area contributed by atoms with Crippen LogP contribution < -0.4 is 15.4 Å². The van der Waals surface area contributed by atoms with Crippen LogP contribution in [0, 0.1) is 0 Å². The molecule has 10 heteroatoms. The molecule has 6 nitrogen and oxygen atoms in total. The zero-order valence-electron chi connectivity index (χ0n) is 15.0. The molecule has 0 aromatic heterocycles. The summed E-state index contributed by atoms with van der Waals surface area (Å²) in [4.78, 5) is 24.9. The molecular weight excluding hydrogens is 409 g/mol. The molecule has 1 heterocycles. The zero-order chi connectivity index (χ0) is 21.0. The van der Waals surface area contributed by atoms with E-state index in [9.17, 15) is 27.9 Å². The number of carbonyl (C=O) groups excluding carboxylic acids is 2. The second-order valence-corrected chi connectivity index (χ2v) is 7.34. The average molecular weight is 426 g/mol. The standard InChI is InChI=1S/C19H17F3N2O4S/c20-19(21,22)28-13-4-1-11(2-5-13)15(25)10-23-18(27)12-3-6-16-14(9-12)24-17(26)7-8-29-16/h1-6,9,15,25H,7-8,10H2,(H,23,27)(H,24,26). The van der Waals surface area contributed by atoms with E-state index in [4.69, 9.17) is 0 Å². The molecule has 3 rings (SSSR count). The van der Waals surface area contributed by atoms with Gasteiger partial charge in [-0.25, -0.2) is 0 Å². The summed E-state index contributed by atoms with van der Waals surface area (Å²) in [7, 11) is 0. The lowest BCUT2D eigenvalue weighted by molar-refractivity contribution is -0.274. The first-order valence-electron chi connectivity index (χ1n) is 8.60. The molecule has 0 bridgehead atoms. The van der Waals surface area contributed by atoms with Gasteiger partial charge in [-0.1, -0.05) is 12.1 Å². The van der Waals surface area contributed by atoms with Crippen molar-refractivity contribution >= 4 is 29.3 Å². The van der Waals surface area contributed by atoms with E-state index in [-0.39, 0.29) is 12.5 Å². The number of alkyl halides is 3. The van der Waals surface area contributed by atoms with Crippen LogP contribution in [0.15, 0.2) is 47.4 Å². The number of aliphatic hydroxyl groups is 1. The van der Waals surface area contributed by atoms with E-state index in [1.807, 2.05) is 0 Å². The number of amides is 2. The Labute approximate surface area is 168 Å². The van der Waals surface area contributed by atoms with Gasteiger partial charge in [0.05, 0.1) is 11.8 Å². The van der Waals surface area contributed by atoms with Crippen molar-refractivity contribution in [3.8, 4) is 5.75 Å². The number of fused-ring (bicyclic) bond motifs is 1. The number of aliphatic hydroxyl groups excluding tert-OH is 1. The van der Waals surface area contributed by atoms with Crippen LogP contribution in [0.3, 0.4) is 0 Å². The Morgan fingerprint density at radius 3 is 2.66 bits per heavy atom. The van der Waals surface area contributed by atoms with Crippen LogP contribution in [-0.2, 0) is 4.79 Å². The van der Waals surface area contributed by atoms with Gasteiger partial charge < -0.3 is 20.5 Å². The smallest absolute Gasteiger partial charge is 0.406 e. The fraction of sp³-hybridized carbons (Fsp3) is 0.263. The molecule has 0 saturated heterocycles. The van der Waals surface area contributed by atoms with Crippen LogP contribution >= 0.6 is 11.8 Å². The molecule has 2 amide bonds. The number of carbonyl (C=O) groups is 2. The van der Waals surface area contributed by atoms with E-state index in [0.717, 1.165) is 17.0 Å². The fourth-order valence-electron chi connectivity index (χ4n) is 2.66. The van der Waals surface area contributed by atoms with Crippen LogP contribution in [0.5, 0.6) is 5.75 Å². The molecule has 0 spiro atoms. The summed E-state index contributed by atoms with van der Waals surface area (Å²) in [6.45, 7) is -0.142. The van der Waals surface area contributed by atoms with Crippen molar-refractivity contribution in [3.63, 3.8) is 0 Å². The number of benzene rings is 2. The summed E-state index contributed by atoms with van der Waals surface area (Å²) in [6, 6.07) is 9.67. The molecule has 1 aliphatic rings. The number of rotatable bonds is 5. The van der Waals surface area contributed by atoms with Gasteiger partial charge in [-0.15, -0.1) is 24.9 Å². The first kappa shape index (κ1) is 21.0. The van der Waals surface area contributed by atoms with Crippen molar-refractivity contribution in [2.24, 2.45) is 0 Å².